The first-order valence-corrected chi connectivity index (χ1v) is 8.81. The Labute approximate surface area is 140 Å². The summed E-state index contributed by atoms with van der Waals surface area (Å²) in [7, 11) is 0. The number of thiazole rings is 1. The minimum atomic E-state index is -0.164. The van der Waals surface area contributed by atoms with Crippen LogP contribution in [0.1, 0.15) is 35.0 Å². The number of aryl methyl sites for hydroxylation is 3. The van der Waals surface area contributed by atoms with Crippen molar-refractivity contribution in [2.45, 2.75) is 40.0 Å². The van der Waals surface area contributed by atoms with Gasteiger partial charge in [-0.15, -0.1) is 11.3 Å². The Morgan fingerprint density at radius 2 is 2.22 bits per heavy atom. The van der Waals surface area contributed by atoms with Gasteiger partial charge in [-0.25, -0.2) is 4.98 Å². The van der Waals surface area contributed by atoms with Gasteiger partial charge in [-0.1, -0.05) is 13.0 Å². The van der Waals surface area contributed by atoms with E-state index in [0.717, 1.165) is 29.8 Å². The van der Waals surface area contributed by atoms with Crippen molar-refractivity contribution in [3.05, 3.63) is 39.9 Å². The lowest BCUT2D eigenvalue weighted by molar-refractivity contribution is -0.118. The van der Waals surface area contributed by atoms with Crippen molar-refractivity contribution in [3.63, 3.8) is 0 Å². The number of carbonyl (C=O) groups is 1. The van der Waals surface area contributed by atoms with E-state index < -0.39 is 0 Å². The van der Waals surface area contributed by atoms with Crippen molar-refractivity contribution in [1.29, 1.82) is 0 Å². The maximum atomic E-state index is 12.0. The number of benzene rings is 1. The van der Waals surface area contributed by atoms with Crippen LogP contribution in [-0.2, 0) is 17.6 Å². The molecule has 2 aromatic rings. The van der Waals surface area contributed by atoms with E-state index in [1.165, 1.54) is 16.9 Å². The van der Waals surface area contributed by atoms with Gasteiger partial charge >= 0.3 is 0 Å². The van der Waals surface area contributed by atoms with Crippen LogP contribution in [0.5, 0.6) is 5.75 Å². The van der Waals surface area contributed by atoms with E-state index in [-0.39, 0.29) is 12.5 Å². The second-order valence-electron chi connectivity index (χ2n) is 6.32. The van der Waals surface area contributed by atoms with Crippen molar-refractivity contribution < 1.29 is 9.53 Å². The smallest absolute Gasteiger partial charge is 0.264 e. The molecule has 1 unspecified atom stereocenters. The van der Waals surface area contributed by atoms with E-state index in [9.17, 15) is 4.79 Å². The van der Waals surface area contributed by atoms with Crippen molar-refractivity contribution in [2.24, 2.45) is 5.92 Å². The summed E-state index contributed by atoms with van der Waals surface area (Å²) in [6.07, 6.45) is 3.27. The van der Waals surface area contributed by atoms with Crippen molar-refractivity contribution in [1.82, 2.24) is 4.98 Å². The minimum Gasteiger partial charge on any atom is -0.484 e. The van der Waals surface area contributed by atoms with Crippen LogP contribution >= 0.6 is 11.3 Å². The lowest BCUT2D eigenvalue weighted by Crippen LogP contribution is -2.20. The molecule has 0 aliphatic heterocycles. The minimum absolute atomic E-state index is 0.00313. The van der Waals surface area contributed by atoms with Gasteiger partial charge in [-0.2, -0.15) is 0 Å². The van der Waals surface area contributed by atoms with Crippen molar-refractivity contribution in [2.75, 3.05) is 11.9 Å². The van der Waals surface area contributed by atoms with Gasteiger partial charge < -0.3 is 4.74 Å². The number of amides is 1. The highest BCUT2D eigenvalue weighted by Gasteiger charge is 2.20. The molecule has 0 radical (unpaired) electrons. The molecule has 1 aliphatic rings. The van der Waals surface area contributed by atoms with Crippen molar-refractivity contribution in [3.8, 4) is 5.75 Å². The molecule has 1 heterocycles. The van der Waals surface area contributed by atoms with Crippen LogP contribution in [0, 0.1) is 19.8 Å². The predicted molar refractivity (Wildman–Crippen MR) is 93.3 cm³/mol. The van der Waals surface area contributed by atoms with E-state index in [1.54, 1.807) is 11.3 Å². The lowest BCUT2D eigenvalue weighted by atomic mass is 9.93. The molecule has 0 saturated carbocycles. The molecule has 1 aromatic heterocycles. The molecule has 0 fully saturated rings. The Bertz CT molecular complexity index is 724. The Hall–Kier alpha value is -1.88. The third-order valence-electron chi connectivity index (χ3n) is 4.28. The highest BCUT2D eigenvalue weighted by Crippen LogP contribution is 2.32. The number of hydrogen-bond acceptors (Lipinski definition) is 4. The molecule has 122 valence electrons. The summed E-state index contributed by atoms with van der Waals surface area (Å²) in [6, 6.07) is 5.84. The number of fused-ring (bicyclic) bond motifs is 1. The zero-order valence-corrected chi connectivity index (χ0v) is 14.6. The second kappa shape index (κ2) is 6.71. The molecular formula is C18H22N2O2S. The fourth-order valence-electron chi connectivity index (χ4n) is 2.70. The number of nitrogens with one attached hydrogen (secondary N) is 1. The molecule has 5 heteroatoms. The number of aromatic nitrogens is 1. The Morgan fingerprint density at radius 1 is 1.39 bits per heavy atom. The van der Waals surface area contributed by atoms with Gasteiger partial charge in [0.05, 0.1) is 5.69 Å². The largest absolute Gasteiger partial charge is 0.484 e. The molecule has 1 amide bonds. The molecule has 0 spiro atoms. The van der Waals surface area contributed by atoms with Gasteiger partial charge in [-0.05, 0) is 62.3 Å². The van der Waals surface area contributed by atoms with Crippen LogP contribution in [0.3, 0.4) is 0 Å². The quantitative estimate of drug-likeness (QED) is 0.925. The maximum absolute atomic E-state index is 12.0. The topological polar surface area (TPSA) is 51.2 Å². The first-order valence-electron chi connectivity index (χ1n) is 7.99. The molecular weight excluding hydrogens is 308 g/mol. The van der Waals surface area contributed by atoms with E-state index in [0.29, 0.717) is 11.0 Å². The van der Waals surface area contributed by atoms with Crippen LogP contribution in [0.4, 0.5) is 5.13 Å². The number of anilines is 1. The third kappa shape index (κ3) is 3.91. The average Bonchev–Trinajstić information content (AvgIpc) is 2.89. The zero-order chi connectivity index (χ0) is 16.4. The number of ether oxygens (including phenoxy) is 1. The first kappa shape index (κ1) is 16.0. The summed E-state index contributed by atoms with van der Waals surface area (Å²) >= 11 is 1.59. The molecule has 23 heavy (non-hydrogen) atoms. The van der Waals surface area contributed by atoms with Crippen molar-refractivity contribution >= 4 is 22.4 Å². The van der Waals surface area contributed by atoms with Crippen LogP contribution < -0.4 is 10.1 Å². The van der Waals surface area contributed by atoms with Gasteiger partial charge in [0, 0.05) is 4.88 Å². The second-order valence-corrected chi connectivity index (χ2v) is 7.40. The van der Waals surface area contributed by atoms with E-state index in [2.05, 4.69) is 24.1 Å². The zero-order valence-electron chi connectivity index (χ0n) is 13.8. The molecule has 0 saturated heterocycles. The summed E-state index contributed by atoms with van der Waals surface area (Å²) in [5.41, 5.74) is 3.52. The predicted octanol–water partition coefficient (Wildman–Crippen LogP) is 3.90. The number of carbonyl (C=O) groups excluding carboxylic acids is 1. The highest BCUT2D eigenvalue weighted by molar-refractivity contribution is 7.15. The van der Waals surface area contributed by atoms with Gasteiger partial charge in [-0.3, -0.25) is 10.1 Å². The van der Waals surface area contributed by atoms with Gasteiger partial charge in [0.25, 0.3) is 5.91 Å². The first-order chi connectivity index (χ1) is 11.0. The summed E-state index contributed by atoms with van der Waals surface area (Å²) in [4.78, 5) is 17.9. The number of rotatable bonds is 4. The number of hydrogen-bond donors (Lipinski definition) is 1. The summed E-state index contributed by atoms with van der Waals surface area (Å²) < 4.78 is 5.56. The average molecular weight is 330 g/mol. The molecule has 0 bridgehead atoms. The van der Waals surface area contributed by atoms with Crippen LogP contribution in [-0.4, -0.2) is 17.5 Å². The van der Waals surface area contributed by atoms with Crippen LogP contribution in [0.15, 0.2) is 18.2 Å². The third-order valence-corrected chi connectivity index (χ3v) is 5.32. The summed E-state index contributed by atoms with van der Waals surface area (Å²) in [6.45, 7) is 6.35. The van der Waals surface area contributed by atoms with E-state index >= 15 is 0 Å². The molecule has 1 N–H and O–H groups in total. The van der Waals surface area contributed by atoms with E-state index in [4.69, 9.17) is 4.74 Å². The van der Waals surface area contributed by atoms with Gasteiger partial charge in [0.2, 0.25) is 0 Å². The standard InChI is InChI=1S/C18H22N2O2S/c1-11-4-7-15-16(8-11)23-18(19-15)20-17(21)10-22-14-6-5-12(2)13(3)9-14/h5-6,9,11H,4,7-8,10H2,1-3H3,(H,19,20,21). The Morgan fingerprint density at radius 3 is 3.00 bits per heavy atom. The number of nitrogens with zero attached hydrogens (tertiary/aromatic N) is 1. The fourth-order valence-corrected chi connectivity index (χ4v) is 3.89. The Kier molecular flexibility index (Phi) is 4.66. The molecule has 1 aromatic carbocycles. The molecule has 1 atom stereocenters. The van der Waals surface area contributed by atoms with Gasteiger partial charge in [0.1, 0.15) is 5.75 Å². The van der Waals surface area contributed by atoms with Crippen LogP contribution in [0.25, 0.3) is 0 Å². The monoisotopic (exact) mass is 330 g/mol. The maximum Gasteiger partial charge on any atom is 0.264 e. The summed E-state index contributed by atoms with van der Waals surface area (Å²) in [5, 5.41) is 3.55. The highest BCUT2D eigenvalue weighted by atomic mass is 32.1. The van der Waals surface area contributed by atoms with Crippen LogP contribution in [0.2, 0.25) is 0 Å². The van der Waals surface area contributed by atoms with Gasteiger partial charge in [0.15, 0.2) is 11.7 Å². The molecule has 4 nitrogen and oxygen atoms in total. The normalized spacial score (nSPS) is 16.7. The Balaban J connectivity index is 1.56. The molecule has 1 aliphatic carbocycles. The fraction of sp³-hybridized carbons (Fsp3) is 0.444. The SMILES string of the molecule is Cc1ccc(OCC(=O)Nc2nc3c(s2)CC(C)CC3)cc1C. The van der Waals surface area contributed by atoms with E-state index in [1.807, 2.05) is 25.1 Å². The lowest BCUT2D eigenvalue weighted by Gasteiger charge is -2.15. The summed E-state index contributed by atoms with van der Waals surface area (Å²) in [5.74, 6) is 1.26. The molecule has 3 rings (SSSR count).